The minimum absolute atomic E-state index is 0.205. The first-order valence-electron chi connectivity index (χ1n) is 7.18. The van der Waals surface area contributed by atoms with Gasteiger partial charge in [-0.1, -0.05) is 23.2 Å². The van der Waals surface area contributed by atoms with Crippen molar-refractivity contribution in [3.63, 3.8) is 0 Å². The molecule has 1 fully saturated rings. The lowest BCUT2D eigenvalue weighted by Crippen LogP contribution is -2.44. The average Bonchev–Trinajstić information content (AvgIpc) is 2.42. The summed E-state index contributed by atoms with van der Waals surface area (Å²) < 4.78 is 5.38. The van der Waals surface area contributed by atoms with E-state index in [2.05, 4.69) is 15.5 Å². The Morgan fingerprint density at radius 3 is 2.55 bits per heavy atom. The lowest BCUT2D eigenvalue weighted by Gasteiger charge is -2.34. The average molecular weight is 347 g/mol. The van der Waals surface area contributed by atoms with Crippen molar-refractivity contribution >= 4 is 35.0 Å². The van der Waals surface area contributed by atoms with Crippen LogP contribution < -0.4 is 5.32 Å². The number of hydrogen-bond acceptors (Lipinski definition) is 5. The van der Waals surface area contributed by atoms with Crippen molar-refractivity contribution in [3.8, 4) is 0 Å². The molecule has 1 aliphatic rings. The van der Waals surface area contributed by atoms with Crippen LogP contribution in [0, 0.1) is 0 Å². The Balaban J connectivity index is 1.87. The van der Waals surface area contributed by atoms with Gasteiger partial charge >= 0.3 is 6.09 Å². The van der Waals surface area contributed by atoms with Crippen molar-refractivity contribution in [3.05, 3.63) is 16.4 Å². The van der Waals surface area contributed by atoms with Gasteiger partial charge in [0.2, 0.25) is 0 Å². The number of rotatable bonds is 2. The van der Waals surface area contributed by atoms with Crippen molar-refractivity contribution in [1.29, 1.82) is 0 Å². The second-order valence-corrected chi connectivity index (χ2v) is 7.00. The predicted octanol–water partition coefficient (Wildman–Crippen LogP) is 3.59. The van der Waals surface area contributed by atoms with E-state index in [0.717, 1.165) is 12.8 Å². The van der Waals surface area contributed by atoms with Crippen LogP contribution in [0.25, 0.3) is 0 Å². The highest BCUT2D eigenvalue weighted by Gasteiger charge is 2.27. The van der Waals surface area contributed by atoms with Crippen LogP contribution >= 0.6 is 23.2 Å². The van der Waals surface area contributed by atoms with Gasteiger partial charge in [0.15, 0.2) is 10.3 Å². The zero-order chi connectivity index (χ0) is 16.3. The monoisotopic (exact) mass is 346 g/mol. The summed E-state index contributed by atoms with van der Waals surface area (Å²) in [5, 5.41) is 11.3. The van der Waals surface area contributed by atoms with Crippen LogP contribution in [0.4, 0.5) is 10.5 Å². The number of hydrogen-bond donors (Lipinski definition) is 1. The molecular weight excluding hydrogens is 327 g/mol. The maximum atomic E-state index is 12.0. The zero-order valence-corrected chi connectivity index (χ0v) is 14.4. The molecule has 22 heavy (non-hydrogen) atoms. The van der Waals surface area contributed by atoms with Crippen LogP contribution in [0.5, 0.6) is 0 Å². The van der Waals surface area contributed by atoms with Gasteiger partial charge in [-0.15, -0.1) is 10.2 Å². The SMILES string of the molecule is CC(C)(C)OC(=O)N1CCC(Nc2cc(Cl)nnc2Cl)CC1. The highest BCUT2D eigenvalue weighted by atomic mass is 35.5. The van der Waals surface area contributed by atoms with Crippen molar-refractivity contribution in [2.75, 3.05) is 18.4 Å². The van der Waals surface area contributed by atoms with Gasteiger partial charge < -0.3 is 15.0 Å². The van der Waals surface area contributed by atoms with E-state index in [1.807, 2.05) is 20.8 Å². The Labute approximate surface area is 140 Å². The fourth-order valence-corrected chi connectivity index (χ4v) is 2.50. The Bertz CT molecular complexity index is 540. The summed E-state index contributed by atoms with van der Waals surface area (Å²) in [5.74, 6) is 0. The first-order valence-corrected chi connectivity index (χ1v) is 7.93. The number of aromatic nitrogens is 2. The molecule has 6 nitrogen and oxygen atoms in total. The largest absolute Gasteiger partial charge is 0.444 e. The highest BCUT2D eigenvalue weighted by Crippen LogP contribution is 2.24. The number of nitrogens with zero attached hydrogens (tertiary/aromatic N) is 3. The van der Waals surface area contributed by atoms with Crippen LogP contribution in [0.2, 0.25) is 10.3 Å². The van der Waals surface area contributed by atoms with Crippen molar-refractivity contribution in [2.45, 2.75) is 45.3 Å². The minimum Gasteiger partial charge on any atom is -0.444 e. The maximum absolute atomic E-state index is 12.0. The molecular formula is C14H20Cl2N4O2. The summed E-state index contributed by atoms with van der Waals surface area (Å²) in [5.41, 5.74) is 0.191. The molecule has 1 amide bonds. The van der Waals surface area contributed by atoms with Gasteiger partial charge in [0.05, 0.1) is 5.69 Å². The molecule has 1 aliphatic heterocycles. The number of likely N-dealkylation sites (tertiary alicyclic amines) is 1. The number of anilines is 1. The van der Waals surface area contributed by atoms with Crippen LogP contribution in [0.1, 0.15) is 33.6 Å². The number of amides is 1. The number of ether oxygens (including phenoxy) is 1. The molecule has 2 rings (SSSR count). The van der Waals surface area contributed by atoms with E-state index in [1.165, 1.54) is 0 Å². The number of halogens is 2. The molecule has 0 spiro atoms. The number of piperidine rings is 1. The van der Waals surface area contributed by atoms with Crippen LogP contribution in [0.15, 0.2) is 6.07 Å². The molecule has 1 aromatic heterocycles. The minimum atomic E-state index is -0.473. The van der Waals surface area contributed by atoms with E-state index >= 15 is 0 Å². The second kappa shape index (κ2) is 6.87. The Morgan fingerprint density at radius 1 is 1.32 bits per heavy atom. The summed E-state index contributed by atoms with van der Waals surface area (Å²) in [6.45, 7) is 6.86. The van der Waals surface area contributed by atoms with Gasteiger partial charge in [-0.25, -0.2) is 4.79 Å². The molecule has 0 saturated carbocycles. The van der Waals surface area contributed by atoms with Crippen molar-refractivity contribution < 1.29 is 9.53 Å². The fourth-order valence-electron chi connectivity index (χ4n) is 2.21. The third-order valence-electron chi connectivity index (χ3n) is 3.23. The smallest absolute Gasteiger partial charge is 0.410 e. The normalized spacial score (nSPS) is 16.5. The van der Waals surface area contributed by atoms with Crippen LogP contribution in [-0.2, 0) is 4.74 Å². The molecule has 1 saturated heterocycles. The molecule has 0 radical (unpaired) electrons. The Hall–Kier alpha value is -1.27. The lowest BCUT2D eigenvalue weighted by molar-refractivity contribution is 0.0210. The van der Waals surface area contributed by atoms with E-state index in [-0.39, 0.29) is 17.3 Å². The molecule has 0 unspecified atom stereocenters. The number of carbonyl (C=O) groups excluding carboxylic acids is 1. The van der Waals surface area contributed by atoms with Crippen LogP contribution in [-0.4, -0.2) is 45.9 Å². The summed E-state index contributed by atoms with van der Waals surface area (Å²) in [7, 11) is 0. The Kier molecular flexibility index (Phi) is 5.34. The molecule has 122 valence electrons. The molecule has 1 N–H and O–H groups in total. The molecule has 2 heterocycles. The van der Waals surface area contributed by atoms with E-state index in [4.69, 9.17) is 27.9 Å². The molecule has 0 aromatic carbocycles. The van der Waals surface area contributed by atoms with E-state index in [9.17, 15) is 4.79 Å². The standard InChI is InChI=1S/C14H20Cl2N4O2/c1-14(2,3)22-13(21)20-6-4-9(5-7-20)17-10-8-11(15)18-19-12(10)16/h8-9H,4-7H2,1-3H3,(H,17,18). The van der Waals surface area contributed by atoms with Crippen molar-refractivity contribution in [1.82, 2.24) is 15.1 Å². The molecule has 0 aliphatic carbocycles. The van der Waals surface area contributed by atoms with Gasteiger partial charge in [-0.05, 0) is 33.6 Å². The lowest BCUT2D eigenvalue weighted by atomic mass is 10.1. The first kappa shape index (κ1) is 17.1. The molecule has 1 aromatic rings. The molecule has 0 bridgehead atoms. The van der Waals surface area contributed by atoms with Crippen LogP contribution in [0.3, 0.4) is 0 Å². The summed E-state index contributed by atoms with van der Waals surface area (Å²) in [6.07, 6.45) is 1.34. The number of nitrogens with one attached hydrogen (secondary N) is 1. The van der Waals surface area contributed by atoms with Gasteiger partial charge in [0.25, 0.3) is 0 Å². The predicted molar refractivity (Wildman–Crippen MR) is 86.5 cm³/mol. The quantitative estimate of drug-likeness (QED) is 0.885. The van der Waals surface area contributed by atoms with E-state index in [0.29, 0.717) is 23.9 Å². The third kappa shape index (κ3) is 4.88. The summed E-state index contributed by atoms with van der Waals surface area (Å²) in [6, 6.07) is 1.85. The zero-order valence-electron chi connectivity index (χ0n) is 12.9. The second-order valence-electron chi connectivity index (χ2n) is 6.26. The number of carbonyl (C=O) groups is 1. The highest BCUT2D eigenvalue weighted by molar-refractivity contribution is 6.33. The fraction of sp³-hybridized carbons (Fsp3) is 0.643. The van der Waals surface area contributed by atoms with Gasteiger partial charge in [-0.3, -0.25) is 0 Å². The maximum Gasteiger partial charge on any atom is 0.410 e. The van der Waals surface area contributed by atoms with Crippen molar-refractivity contribution in [2.24, 2.45) is 0 Å². The summed E-state index contributed by atoms with van der Waals surface area (Å²) >= 11 is 11.8. The van der Waals surface area contributed by atoms with E-state index in [1.54, 1.807) is 11.0 Å². The summed E-state index contributed by atoms with van der Waals surface area (Å²) in [4.78, 5) is 13.7. The molecule has 8 heteroatoms. The third-order valence-corrected chi connectivity index (χ3v) is 3.69. The van der Waals surface area contributed by atoms with Gasteiger partial charge in [0.1, 0.15) is 5.60 Å². The molecule has 0 atom stereocenters. The van der Waals surface area contributed by atoms with Gasteiger partial charge in [0, 0.05) is 25.2 Å². The topological polar surface area (TPSA) is 67.3 Å². The van der Waals surface area contributed by atoms with E-state index < -0.39 is 5.60 Å². The Morgan fingerprint density at radius 2 is 1.95 bits per heavy atom. The first-order chi connectivity index (χ1) is 10.2. The van der Waals surface area contributed by atoms with Gasteiger partial charge in [-0.2, -0.15) is 0 Å².